The van der Waals surface area contributed by atoms with Crippen LogP contribution in [-0.4, -0.2) is 23.5 Å². The van der Waals surface area contributed by atoms with E-state index in [4.69, 9.17) is 11.6 Å². The number of nitrogens with one attached hydrogen (secondary N) is 1. The van der Waals surface area contributed by atoms with Crippen molar-refractivity contribution in [1.82, 2.24) is 5.32 Å². The fraction of sp³-hybridized carbons (Fsp3) is 0.533. The van der Waals surface area contributed by atoms with Crippen LogP contribution in [0.25, 0.3) is 0 Å². The molecule has 19 heavy (non-hydrogen) atoms. The lowest BCUT2D eigenvalue weighted by Gasteiger charge is -2.11. The second kappa shape index (κ2) is 7.20. The molecule has 0 aromatic heterocycles. The topological polar surface area (TPSA) is 24.4 Å². The quantitative estimate of drug-likeness (QED) is 0.888. The molecule has 0 radical (unpaired) electrons. The van der Waals surface area contributed by atoms with Gasteiger partial charge in [0.1, 0.15) is 0 Å². The Balaban J connectivity index is 1.76. The molecule has 0 aliphatic carbocycles. The van der Waals surface area contributed by atoms with E-state index in [1.54, 1.807) is 0 Å². The molecular weight excluding hydrogens is 276 g/mol. The van der Waals surface area contributed by atoms with Gasteiger partial charge in [0.25, 0.3) is 0 Å². The summed E-state index contributed by atoms with van der Waals surface area (Å²) in [6.07, 6.45) is 2.20. The highest BCUT2D eigenvalue weighted by Crippen LogP contribution is 2.19. The first-order valence-electron chi connectivity index (χ1n) is 6.81. The smallest absolute Gasteiger partial charge is 0.156 e. The van der Waals surface area contributed by atoms with Crippen LogP contribution in [0.2, 0.25) is 5.02 Å². The molecule has 1 heterocycles. The molecule has 1 saturated heterocycles. The summed E-state index contributed by atoms with van der Waals surface area (Å²) in [6, 6.07) is 8.61. The molecule has 0 bridgehead atoms. The van der Waals surface area contributed by atoms with E-state index in [0.717, 1.165) is 34.8 Å². The number of nitrogens with zero attached hydrogens (tertiary/aromatic N) is 1. The standard InChI is InChI=1S/C15H21ClN2S/c1-11(2)9-14-10-19-15(18-14)17-8-7-12-3-5-13(16)6-4-12/h3-6,11,14H,7-10H2,1-2H3,(H,17,18). The summed E-state index contributed by atoms with van der Waals surface area (Å²) in [6.45, 7) is 5.37. The summed E-state index contributed by atoms with van der Waals surface area (Å²) in [5.41, 5.74) is 1.29. The molecule has 104 valence electrons. The van der Waals surface area contributed by atoms with Crippen molar-refractivity contribution in [3.63, 3.8) is 0 Å². The highest BCUT2D eigenvalue weighted by molar-refractivity contribution is 8.14. The first-order chi connectivity index (χ1) is 9.13. The molecule has 1 unspecified atom stereocenters. The highest BCUT2D eigenvalue weighted by atomic mass is 35.5. The second-order valence-electron chi connectivity index (χ2n) is 5.35. The monoisotopic (exact) mass is 296 g/mol. The maximum Gasteiger partial charge on any atom is 0.156 e. The zero-order chi connectivity index (χ0) is 13.7. The van der Waals surface area contributed by atoms with Gasteiger partial charge in [-0.1, -0.05) is 49.3 Å². The Kier molecular flexibility index (Phi) is 5.59. The second-order valence-corrected chi connectivity index (χ2v) is 6.79. The summed E-state index contributed by atoms with van der Waals surface area (Å²) in [7, 11) is 0. The fourth-order valence-corrected chi connectivity index (χ4v) is 3.30. The molecular formula is C15H21ClN2S. The van der Waals surface area contributed by atoms with Gasteiger partial charge in [0.05, 0.1) is 0 Å². The van der Waals surface area contributed by atoms with Crippen LogP contribution in [0.4, 0.5) is 0 Å². The van der Waals surface area contributed by atoms with E-state index in [1.807, 2.05) is 23.9 Å². The van der Waals surface area contributed by atoms with Gasteiger partial charge in [0.2, 0.25) is 0 Å². The van der Waals surface area contributed by atoms with Gasteiger partial charge < -0.3 is 5.32 Å². The summed E-state index contributed by atoms with van der Waals surface area (Å²) in [5, 5.41) is 5.41. The molecule has 0 spiro atoms. The normalized spacial score (nSPS) is 21.1. The lowest BCUT2D eigenvalue weighted by atomic mass is 10.1. The van der Waals surface area contributed by atoms with Gasteiger partial charge in [0, 0.05) is 23.4 Å². The minimum Gasteiger partial charge on any atom is -0.361 e. The van der Waals surface area contributed by atoms with Gasteiger partial charge in [0.15, 0.2) is 5.17 Å². The minimum absolute atomic E-state index is 0.597. The third kappa shape index (κ3) is 5.07. The Hall–Kier alpha value is -0.670. The van der Waals surface area contributed by atoms with Crippen LogP contribution in [-0.2, 0) is 6.42 Å². The number of amidine groups is 1. The fourth-order valence-electron chi connectivity index (χ4n) is 2.16. The number of hydrogen-bond acceptors (Lipinski definition) is 2. The average molecular weight is 297 g/mol. The molecule has 1 aromatic carbocycles. The molecule has 2 rings (SSSR count). The Morgan fingerprint density at radius 3 is 2.79 bits per heavy atom. The van der Waals surface area contributed by atoms with E-state index >= 15 is 0 Å². The molecule has 1 atom stereocenters. The maximum absolute atomic E-state index is 5.87. The molecule has 1 fully saturated rings. The minimum atomic E-state index is 0.597. The van der Waals surface area contributed by atoms with Crippen molar-refractivity contribution in [1.29, 1.82) is 0 Å². The number of halogens is 1. The molecule has 0 saturated carbocycles. The third-order valence-electron chi connectivity index (χ3n) is 3.07. The van der Waals surface area contributed by atoms with Gasteiger partial charge in [-0.3, -0.25) is 4.99 Å². The SMILES string of the molecule is CC(C)CC1CSC(=NCCc2ccc(Cl)cc2)N1. The largest absolute Gasteiger partial charge is 0.361 e. The van der Waals surface area contributed by atoms with E-state index in [1.165, 1.54) is 12.0 Å². The van der Waals surface area contributed by atoms with Crippen LogP contribution in [0.15, 0.2) is 29.3 Å². The number of aliphatic imine (C=N–C) groups is 1. The zero-order valence-corrected chi connectivity index (χ0v) is 13.1. The van der Waals surface area contributed by atoms with Gasteiger partial charge >= 0.3 is 0 Å². The van der Waals surface area contributed by atoms with Crippen LogP contribution in [0.3, 0.4) is 0 Å². The van der Waals surface area contributed by atoms with E-state index in [0.29, 0.717) is 6.04 Å². The van der Waals surface area contributed by atoms with Crippen LogP contribution in [0.5, 0.6) is 0 Å². The van der Waals surface area contributed by atoms with Crippen LogP contribution >= 0.6 is 23.4 Å². The Bertz CT molecular complexity index is 428. The van der Waals surface area contributed by atoms with Crippen molar-refractivity contribution in [2.45, 2.75) is 32.7 Å². The third-order valence-corrected chi connectivity index (χ3v) is 4.42. The zero-order valence-electron chi connectivity index (χ0n) is 11.5. The predicted molar refractivity (Wildman–Crippen MR) is 86.3 cm³/mol. The lowest BCUT2D eigenvalue weighted by molar-refractivity contribution is 0.502. The van der Waals surface area contributed by atoms with Crippen LogP contribution in [0.1, 0.15) is 25.8 Å². The number of hydrogen-bond donors (Lipinski definition) is 1. The molecule has 1 aromatic rings. The molecule has 0 amide bonds. The summed E-state index contributed by atoms with van der Waals surface area (Å²) >= 11 is 7.71. The van der Waals surface area contributed by atoms with E-state index in [-0.39, 0.29) is 0 Å². The van der Waals surface area contributed by atoms with Gasteiger partial charge in [-0.25, -0.2) is 0 Å². The van der Waals surface area contributed by atoms with Crippen molar-refractivity contribution < 1.29 is 0 Å². The molecule has 2 nitrogen and oxygen atoms in total. The van der Waals surface area contributed by atoms with Crippen LogP contribution in [0, 0.1) is 5.92 Å². The van der Waals surface area contributed by atoms with Gasteiger partial charge in [-0.2, -0.15) is 0 Å². The van der Waals surface area contributed by atoms with Gasteiger partial charge in [-0.05, 0) is 36.5 Å². The highest BCUT2D eigenvalue weighted by Gasteiger charge is 2.20. The summed E-state index contributed by atoms with van der Waals surface area (Å²) < 4.78 is 0. The number of thioether (sulfide) groups is 1. The molecule has 4 heteroatoms. The van der Waals surface area contributed by atoms with Crippen molar-refractivity contribution >= 4 is 28.5 Å². The first-order valence-corrected chi connectivity index (χ1v) is 8.18. The van der Waals surface area contributed by atoms with Crippen molar-refractivity contribution in [2.75, 3.05) is 12.3 Å². The summed E-state index contributed by atoms with van der Waals surface area (Å²) in [4.78, 5) is 4.63. The maximum atomic E-state index is 5.87. The van der Waals surface area contributed by atoms with Crippen molar-refractivity contribution in [3.8, 4) is 0 Å². The average Bonchev–Trinajstić information content (AvgIpc) is 2.78. The number of rotatable bonds is 5. The number of benzene rings is 1. The van der Waals surface area contributed by atoms with Crippen LogP contribution < -0.4 is 5.32 Å². The first kappa shape index (κ1) is 14.7. The van der Waals surface area contributed by atoms with Gasteiger partial charge in [-0.15, -0.1) is 0 Å². The predicted octanol–water partition coefficient (Wildman–Crippen LogP) is 3.99. The lowest BCUT2D eigenvalue weighted by Crippen LogP contribution is -2.28. The van der Waals surface area contributed by atoms with E-state index in [9.17, 15) is 0 Å². The van der Waals surface area contributed by atoms with Crippen molar-refractivity contribution in [3.05, 3.63) is 34.9 Å². The van der Waals surface area contributed by atoms with Crippen molar-refractivity contribution in [2.24, 2.45) is 10.9 Å². The summed E-state index contributed by atoms with van der Waals surface area (Å²) in [5.74, 6) is 1.89. The van der Waals surface area contributed by atoms with E-state index in [2.05, 4.69) is 36.3 Å². The molecule has 1 aliphatic heterocycles. The Morgan fingerprint density at radius 2 is 2.11 bits per heavy atom. The molecule has 1 N–H and O–H groups in total. The Labute approximate surface area is 125 Å². The van der Waals surface area contributed by atoms with E-state index < -0.39 is 0 Å². The molecule has 1 aliphatic rings. The Morgan fingerprint density at radius 1 is 1.37 bits per heavy atom.